The number of thiocarbonyl (C=S) groups is 1. The molecule has 2 aromatic heterocycles. The average Bonchev–Trinajstić information content (AvgIpc) is 3.36. The van der Waals surface area contributed by atoms with Crippen LogP contribution in [0.15, 0.2) is 60.9 Å². The fourth-order valence-electron chi connectivity index (χ4n) is 3.99. The molecule has 1 aromatic carbocycles. The van der Waals surface area contributed by atoms with Gasteiger partial charge in [0.2, 0.25) is 0 Å². The van der Waals surface area contributed by atoms with Gasteiger partial charge in [-0.15, -0.1) is 0 Å². The molecule has 7 heteroatoms. The first-order valence-electron chi connectivity index (χ1n) is 10.4. The number of nitrogens with zero attached hydrogens (tertiary/aromatic N) is 3. The molecule has 1 aliphatic heterocycles. The molecule has 160 valence electrons. The van der Waals surface area contributed by atoms with Crippen LogP contribution in [0.1, 0.15) is 41.5 Å². The van der Waals surface area contributed by atoms with Crippen molar-refractivity contribution in [1.82, 2.24) is 19.8 Å². The summed E-state index contributed by atoms with van der Waals surface area (Å²) in [4.78, 5) is 18.8. The maximum absolute atomic E-state index is 12.4. The van der Waals surface area contributed by atoms with E-state index in [4.69, 9.17) is 17.0 Å². The molecule has 3 aromatic rings. The minimum atomic E-state index is -0.303. The molecule has 4 rings (SSSR count). The minimum absolute atomic E-state index is 0.0752. The average molecular weight is 435 g/mol. The van der Waals surface area contributed by atoms with E-state index in [2.05, 4.69) is 53.0 Å². The SMILES string of the molecule is CCOC(=O)CN1C(=S)N[C@H](c2ccccn2)[C@H]1c1cccn1-c1ccc(C)c(C)c1. The van der Waals surface area contributed by atoms with Crippen LogP contribution < -0.4 is 5.32 Å². The molecule has 3 heterocycles. The predicted molar refractivity (Wildman–Crippen MR) is 124 cm³/mol. The minimum Gasteiger partial charge on any atom is -0.465 e. The van der Waals surface area contributed by atoms with Crippen LogP contribution in [0, 0.1) is 13.8 Å². The van der Waals surface area contributed by atoms with Gasteiger partial charge >= 0.3 is 5.97 Å². The summed E-state index contributed by atoms with van der Waals surface area (Å²) < 4.78 is 7.37. The summed E-state index contributed by atoms with van der Waals surface area (Å²) in [6.07, 6.45) is 3.81. The van der Waals surface area contributed by atoms with E-state index in [0.717, 1.165) is 17.1 Å². The second-order valence-electron chi connectivity index (χ2n) is 7.63. The van der Waals surface area contributed by atoms with Gasteiger partial charge in [0.25, 0.3) is 0 Å². The zero-order valence-corrected chi connectivity index (χ0v) is 18.7. The van der Waals surface area contributed by atoms with Gasteiger partial charge in [-0.3, -0.25) is 9.78 Å². The van der Waals surface area contributed by atoms with Crippen molar-refractivity contribution in [3.63, 3.8) is 0 Å². The van der Waals surface area contributed by atoms with Gasteiger partial charge in [-0.25, -0.2) is 0 Å². The molecule has 1 N–H and O–H groups in total. The van der Waals surface area contributed by atoms with Crippen molar-refractivity contribution in [3.05, 3.63) is 83.4 Å². The van der Waals surface area contributed by atoms with Gasteiger partial charge in [0.15, 0.2) is 5.11 Å². The van der Waals surface area contributed by atoms with Gasteiger partial charge < -0.3 is 19.5 Å². The highest BCUT2D eigenvalue weighted by Gasteiger charge is 2.42. The first-order valence-corrected chi connectivity index (χ1v) is 10.8. The molecule has 1 saturated heterocycles. The fraction of sp³-hybridized carbons (Fsp3) is 0.292. The number of hydrogen-bond acceptors (Lipinski definition) is 4. The molecule has 0 unspecified atom stereocenters. The fourth-order valence-corrected chi connectivity index (χ4v) is 4.29. The van der Waals surface area contributed by atoms with E-state index in [1.165, 1.54) is 11.1 Å². The number of rotatable bonds is 6. The lowest BCUT2D eigenvalue weighted by Gasteiger charge is -2.28. The molecule has 0 bridgehead atoms. The summed E-state index contributed by atoms with van der Waals surface area (Å²) >= 11 is 5.64. The van der Waals surface area contributed by atoms with Crippen LogP contribution in [0.25, 0.3) is 5.69 Å². The van der Waals surface area contributed by atoms with E-state index >= 15 is 0 Å². The van der Waals surface area contributed by atoms with Gasteiger partial charge in [-0.2, -0.15) is 0 Å². The highest BCUT2D eigenvalue weighted by Crippen LogP contribution is 2.39. The highest BCUT2D eigenvalue weighted by atomic mass is 32.1. The van der Waals surface area contributed by atoms with Crippen molar-refractivity contribution >= 4 is 23.3 Å². The first kappa shape index (κ1) is 21.1. The van der Waals surface area contributed by atoms with E-state index < -0.39 is 0 Å². The Morgan fingerprint density at radius 3 is 2.71 bits per heavy atom. The molecular formula is C24H26N4O2S. The zero-order chi connectivity index (χ0) is 22.0. The third kappa shape index (κ3) is 4.18. The summed E-state index contributed by atoms with van der Waals surface area (Å²) in [5.41, 5.74) is 5.43. The summed E-state index contributed by atoms with van der Waals surface area (Å²) in [7, 11) is 0. The Balaban J connectivity index is 1.79. The maximum Gasteiger partial charge on any atom is 0.325 e. The maximum atomic E-state index is 12.4. The molecule has 0 radical (unpaired) electrons. The van der Waals surface area contributed by atoms with Crippen molar-refractivity contribution in [2.24, 2.45) is 0 Å². The smallest absolute Gasteiger partial charge is 0.325 e. The number of nitrogens with one attached hydrogen (secondary N) is 1. The second kappa shape index (κ2) is 8.89. The molecule has 0 spiro atoms. The molecular weight excluding hydrogens is 408 g/mol. The summed E-state index contributed by atoms with van der Waals surface area (Å²) in [6.45, 7) is 6.43. The van der Waals surface area contributed by atoms with Gasteiger partial charge in [0, 0.05) is 23.8 Å². The monoisotopic (exact) mass is 434 g/mol. The van der Waals surface area contributed by atoms with Crippen LogP contribution in [0.2, 0.25) is 0 Å². The second-order valence-corrected chi connectivity index (χ2v) is 8.02. The van der Waals surface area contributed by atoms with Crippen molar-refractivity contribution in [1.29, 1.82) is 0 Å². The molecule has 1 aliphatic rings. The molecule has 0 aliphatic carbocycles. The number of ether oxygens (including phenoxy) is 1. The van der Waals surface area contributed by atoms with Gasteiger partial charge in [0.1, 0.15) is 6.54 Å². The highest BCUT2D eigenvalue weighted by molar-refractivity contribution is 7.80. The van der Waals surface area contributed by atoms with Gasteiger partial charge in [-0.05, 0) is 80.5 Å². The van der Waals surface area contributed by atoms with Crippen LogP contribution in [-0.4, -0.2) is 38.7 Å². The van der Waals surface area contributed by atoms with Crippen LogP contribution in [0.4, 0.5) is 0 Å². The van der Waals surface area contributed by atoms with Gasteiger partial charge in [0.05, 0.1) is 24.4 Å². The third-order valence-corrected chi connectivity index (χ3v) is 6.01. The number of pyridine rings is 1. The topological polar surface area (TPSA) is 59.4 Å². The van der Waals surface area contributed by atoms with Crippen molar-refractivity contribution in [2.45, 2.75) is 32.9 Å². The largest absolute Gasteiger partial charge is 0.465 e. The van der Waals surface area contributed by atoms with E-state index in [9.17, 15) is 4.79 Å². The summed E-state index contributed by atoms with van der Waals surface area (Å²) in [5, 5.41) is 3.89. The Labute approximate surface area is 187 Å². The lowest BCUT2D eigenvalue weighted by Crippen LogP contribution is -2.36. The summed E-state index contributed by atoms with van der Waals surface area (Å²) in [5.74, 6) is -0.303. The van der Waals surface area contributed by atoms with E-state index in [1.807, 2.05) is 35.4 Å². The molecule has 0 saturated carbocycles. The normalized spacial score (nSPS) is 18.2. The number of aryl methyl sites for hydroxylation is 2. The quantitative estimate of drug-likeness (QED) is 0.467. The number of carbonyl (C=O) groups is 1. The summed E-state index contributed by atoms with van der Waals surface area (Å²) in [6, 6.07) is 15.9. The van der Waals surface area contributed by atoms with E-state index in [0.29, 0.717) is 11.7 Å². The molecule has 0 amide bonds. The third-order valence-electron chi connectivity index (χ3n) is 5.65. The Morgan fingerprint density at radius 2 is 2.00 bits per heavy atom. The Bertz CT molecular complexity index is 1100. The Kier molecular flexibility index (Phi) is 6.04. The number of carbonyl (C=O) groups excluding carboxylic acids is 1. The molecule has 6 nitrogen and oxygen atoms in total. The number of hydrogen-bond donors (Lipinski definition) is 1. The number of benzene rings is 1. The lowest BCUT2D eigenvalue weighted by molar-refractivity contribution is -0.143. The first-order chi connectivity index (χ1) is 15.0. The molecule has 2 atom stereocenters. The standard InChI is InChI=1S/C24H26N4O2S/c1-4-30-21(29)15-28-23(22(26-24(28)31)19-8-5-6-12-25-19)20-9-7-13-27(20)18-11-10-16(2)17(3)14-18/h5-14,22-23H,4,15H2,1-3H3,(H,26,31)/t22-,23-/m1/s1. The van der Waals surface area contributed by atoms with E-state index in [-0.39, 0.29) is 24.6 Å². The molecule has 31 heavy (non-hydrogen) atoms. The van der Waals surface area contributed by atoms with Crippen molar-refractivity contribution in [3.8, 4) is 5.69 Å². The Hall–Kier alpha value is -3.19. The van der Waals surface area contributed by atoms with Crippen molar-refractivity contribution < 1.29 is 9.53 Å². The zero-order valence-electron chi connectivity index (χ0n) is 17.9. The number of esters is 1. The van der Waals surface area contributed by atoms with Gasteiger partial charge in [-0.1, -0.05) is 12.1 Å². The van der Waals surface area contributed by atoms with E-state index in [1.54, 1.807) is 13.1 Å². The van der Waals surface area contributed by atoms with Crippen molar-refractivity contribution in [2.75, 3.05) is 13.2 Å². The lowest BCUT2D eigenvalue weighted by atomic mass is 10.0. The van der Waals surface area contributed by atoms with Crippen LogP contribution in [-0.2, 0) is 9.53 Å². The van der Waals surface area contributed by atoms with Crippen LogP contribution in [0.3, 0.4) is 0 Å². The molecule has 1 fully saturated rings. The number of aromatic nitrogens is 2. The van der Waals surface area contributed by atoms with Crippen LogP contribution >= 0.6 is 12.2 Å². The van der Waals surface area contributed by atoms with Crippen LogP contribution in [0.5, 0.6) is 0 Å². The Morgan fingerprint density at radius 1 is 1.16 bits per heavy atom. The predicted octanol–water partition coefficient (Wildman–Crippen LogP) is 4.02.